The molecule has 0 bridgehead atoms. The van der Waals surface area contributed by atoms with Gasteiger partial charge in [-0.25, -0.2) is 4.79 Å². The van der Waals surface area contributed by atoms with Crippen LogP contribution in [0, 0.1) is 0 Å². The molecule has 0 unspecified atom stereocenters. The highest BCUT2D eigenvalue weighted by Crippen LogP contribution is 2.24. The van der Waals surface area contributed by atoms with Crippen LogP contribution in [0.25, 0.3) is 0 Å². The van der Waals surface area contributed by atoms with E-state index < -0.39 is 60.4 Å². The summed E-state index contributed by atoms with van der Waals surface area (Å²) in [5, 5.41) is 23.5. The monoisotopic (exact) mass is 577 g/mol. The van der Waals surface area contributed by atoms with Crippen LogP contribution in [-0.2, 0) is 35.1 Å². The van der Waals surface area contributed by atoms with E-state index in [4.69, 9.17) is 21.3 Å². The number of methoxy groups -OCH3 is 1. The molecule has 1 aromatic rings. The maximum atomic E-state index is 13.9. The molecule has 0 radical (unpaired) electrons. The van der Waals surface area contributed by atoms with Gasteiger partial charge in [0.15, 0.2) is 0 Å². The molecule has 41 heavy (non-hydrogen) atoms. The molecule has 1 aliphatic rings. The Morgan fingerprint density at radius 3 is 2.37 bits per heavy atom. The number of ether oxygens (including phenoxy) is 1. The van der Waals surface area contributed by atoms with Gasteiger partial charge < -0.3 is 42.0 Å². The van der Waals surface area contributed by atoms with E-state index in [1.54, 1.807) is 0 Å². The quantitative estimate of drug-likeness (QED) is 0.136. The summed E-state index contributed by atoms with van der Waals surface area (Å²) >= 11 is 0. The van der Waals surface area contributed by atoms with Crippen molar-refractivity contribution in [2.45, 2.75) is 88.1 Å². The van der Waals surface area contributed by atoms with Gasteiger partial charge in [-0.05, 0) is 57.1 Å². The third-order valence-electron chi connectivity index (χ3n) is 7.17. The minimum Gasteiger partial charge on any atom is -0.481 e. The van der Waals surface area contributed by atoms with Gasteiger partial charge in [0.05, 0.1) is 18.2 Å². The molecule has 1 saturated heterocycles. The lowest BCUT2D eigenvalue weighted by molar-refractivity contribution is -0.148. The van der Waals surface area contributed by atoms with Crippen molar-refractivity contribution in [2.75, 3.05) is 20.2 Å². The number of hydrogen-bond donors (Lipinski definition) is 6. The zero-order chi connectivity index (χ0) is 30.4. The predicted molar refractivity (Wildman–Crippen MR) is 150 cm³/mol. The molecule has 13 heteroatoms. The van der Waals surface area contributed by atoms with Crippen molar-refractivity contribution >= 4 is 29.7 Å². The van der Waals surface area contributed by atoms with E-state index in [0.29, 0.717) is 51.6 Å². The fraction of sp³-hybridized carbons (Fsp3) is 0.607. The van der Waals surface area contributed by atoms with Crippen LogP contribution < -0.4 is 22.1 Å². The molecule has 13 nitrogen and oxygen atoms in total. The second-order valence-corrected chi connectivity index (χ2v) is 10.3. The molecule has 0 spiro atoms. The third-order valence-corrected chi connectivity index (χ3v) is 7.17. The molecule has 0 saturated carbocycles. The number of benzene rings is 1. The zero-order valence-corrected chi connectivity index (χ0v) is 23.5. The molecule has 0 aliphatic carbocycles. The molecule has 0 aromatic heterocycles. The van der Waals surface area contributed by atoms with Crippen molar-refractivity contribution in [1.82, 2.24) is 15.5 Å². The maximum Gasteiger partial charge on any atom is 0.326 e. The molecule has 3 amide bonds. The molecule has 1 heterocycles. The van der Waals surface area contributed by atoms with E-state index in [1.807, 2.05) is 30.3 Å². The number of likely N-dealkylation sites (tertiary alicyclic amines) is 1. The van der Waals surface area contributed by atoms with Crippen LogP contribution in [0.3, 0.4) is 0 Å². The number of amides is 3. The summed E-state index contributed by atoms with van der Waals surface area (Å²) < 4.78 is 5.59. The Morgan fingerprint density at radius 2 is 1.76 bits per heavy atom. The molecule has 1 aliphatic heterocycles. The van der Waals surface area contributed by atoms with Crippen LogP contribution in [0.1, 0.15) is 56.9 Å². The number of aliphatic carboxylic acids is 2. The van der Waals surface area contributed by atoms with Crippen LogP contribution in [0.2, 0.25) is 0 Å². The normalized spacial score (nSPS) is 19.0. The summed E-state index contributed by atoms with van der Waals surface area (Å²) in [6, 6.07) is 5.40. The van der Waals surface area contributed by atoms with E-state index in [9.17, 15) is 29.1 Å². The molecular weight excluding hydrogens is 534 g/mol. The summed E-state index contributed by atoms with van der Waals surface area (Å²) in [7, 11) is 1.47. The predicted octanol–water partition coefficient (Wildman–Crippen LogP) is 0.000500. The maximum absolute atomic E-state index is 13.9. The minimum atomic E-state index is -1.39. The number of hydrogen-bond acceptors (Lipinski definition) is 8. The molecular formula is C28H43N5O8. The Bertz CT molecular complexity index is 1020. The van der Waals surface area contributed by atoms with E-state index in [2.05, 4.69) is 10.6 Å². The Balaban J connectivity index is 2.18. The van der Waals surface area contributed by atoms with E-state index in [0.717, 1.165) is 5.56 Å². The summed E-state index contributed by atoms with van der Waals surface area (Å²) in [6.07, 6.45) is 1.57. The van der Waals surface area contributed by atoms with Crippen LogP contribution in [0.4, 0.5) is 0 Å². The topological polar surface area (TPSA) is 214 Å². The molecule has 8 N–H and O–H groups in total. The number of carbonyl (C=O) groups is 5. The number of carbonyl (C=O) groups excluding carboxylic acids is 3. The highest BCUT2D eigenvalue weighted by Gasteiger charge is 2.39. The van der Waals surface area contributed by atoms with E-state index >= 15 is 0 Å². The largest absolute Gasteiger partial charge is 0.481 e. The number of carboxylic acid groups (broad SMARTS) is 2. The molecule has 1 fully saturated rings. The van der Waals surface area contributed by atoms with Crippen LogP contribution >= 0.6 is 0 Å². The van der Waals surface area contributed by atoms with Gasteiger partial charge in [0.2, 0.25) is 17.7 Å². The first-order valence-electron chi connectivity index (χ1n) is 13.9. The first-order chi connectivity index (χ1) is 19.6. The zero-order valence-electron chi connectivity index (χ0n) is 23.5. The minimum absolute atomic E-state index is 0.252. The Labute approximate surface area is 240 Å². The fourth-order valence-corrected chi connectivity index (χ4v) is 4.97. The first kappa shape index (κ1) is 33.7. The van der Waals surface area contributed by atoms with Gasteiger partial charge in [-0.1, -0.05) is 30.3 Å². The number of unbranched alkanes of at least 4 members (excludes halogenated alkanes) is 1. The fourth-order valence-electron chi connectivity index (χ4n) is 4.97. The summed E-state index contributed by atoms with van der Waals surface area (Å²) in [5.74, 6) is -4.04. The van der Waals surface area contributed by atoms with Crippen LogP contribution in [-0.4, -0.2) is 95.2 Å². The Hall–Kier alpha value is -3.55. The van der Waals surface area contributed by atoms with Gasteiger partial charge >= 0.3 is 11.9 Å². The number of nitrogens with zero attached hydrogens (tertiary/aromatic N) is 1. The van der Waals surface area contributed by atoms with Crippen molar-refractivity contribution in [3.05, 3.63) is 35.9 Å². The van der Waals surface area contributed by atoms with Crippen molar-refractivity contribution in [1.29, 1.82) is 0 Å². The summed E-state index contributed by atoms with van der Waals surface area (Å²) in [6.45, 7) is 0.741. The van der Waals surface area contributed by atoms with Gasteiger partial charge in [-0.2, -0.15) is 0 Å². The molecule has 228 valence electrons. The average molecular weight is 578 g/mol. The SMILES string of the molecule is CO[C@@H]1CCCN(C(=O)[C@H](CCCCN)NC(=O)[C@@H](N)Cc2ccccc2)[C@@H]1CC(=O)N[C@@H](CCC(=O)O)C(=O)O. The lowest BCUT2D eigenvalue weighted by Gasteiger charge is -2.42. The summed E-state index contributed by atoms with van der Waals surface area (Å²) in [5.41, 5.74) is 12.7. The van der Waals surface area contributed by atoms with E-state index in [-0.39, 0.29) is 18.7 Å². The van der Waals surface area contributed by atoms with Crippen LogP contribution in [0.15, 0.2) is 30.3 Å². The second-order valence-electron chi connectivity index (χ2n) is 10.3. The third kappa shape index (κ3) is 11.1. The van der Waals surface area contributed by atoms with Gasteiger partial charge in [-0.3, -0.25) is 19.2 Å². The lowest BCUT2D eigenvalue weighted by Crippen LogP contribution is -2.60. The average Bonchev–Trinajstić information content (AvgIpc) is 2.94. The Morgan fingerprint density at radius 1 is 1.05 bits per heavy atom. The number of piperidine rings is 1. The van der Waals surface area contributed by atoms with Crippen molar-refractivity contribution in [3.8, 4) is 0 Å². The van der Waals surface area contributed by atoms with E-state index in [1.165, 1.54) is 12.0 Å². The number of carboxylic acids is 2. The standard InChI is InChI=1S/C28H43N5O8/c1-41-23-11-7-15-33(22(23)17-24(34)31-21(28(39)40)12-13-25(35)36)27(38)20(10-5-6-14-29)32-26(37)19(30)16-18-8-3-2-4-9-18/h2-4,8-9,19-23H,5-7,10-17,29-30H2,1H3,(H,31,34)(H,32,37)(H,35,36)(H,39,40)/t19-,20-,21-,22+,23+/m0/s1. The van der Waals surface area contributed by atoms with Gasteiger partial charge in [0.1, 0.15) is 12.1 Å². The van der Waals surface area contributed by atoms with Gasteiger partial charge in [0, 0.05) is 26.5 Å². The first-order valence-corrected chi connectivity index (χ1v) is 13.9. The smallest absolute Gasteiger partial charge is 0.326 e. The molecule has 1 aromatic carbocycles. The molecule has 5 atom stereocenters. The van der Waals surface area contributed by atoms with Crippen molar-refractivity contribution < 1.29 is 38.9 Å². The number of nitrogens with one attached hydrogen (secondary N) is 2. The Kier molecular flexibility index (Phi) is 14.2. The van der Waals surface area contributed by atoms with Crippen LogP contribution in [0.5, 0.6) is 0 Å². The van der Waals surface area contributed by atoms with Gasteiger partial charge in [-0.15, -0.1) is 0 Å². The van der Waals surface area contributed by atoms with Crippen molar-refractivity contribution in [2.24, 2.45) is 11.5 Å². The second kappa shape index (κ2) is 17.3. The summed E-state index contributed by atoms with van der Waals surface area (Å²) in [4.78, 5) is 63.8. The molecule has 2 rings (SSSR count). The number of rotatable bonds is 17. The highest BCUT2D eigenvalue weighted by molar-refractivity contribution is 5.90. The van der Waals surface area contributed by atoms with Crippen molar-refractivity contribution in [3.63, 3.8) is 0 Å². The number of nitrogens with two attached hydrogens (primary N) is 2. The lowest BCUT2D eigenvalue weighted by atomic mass is 9.93. The van der Waals surface area contributed by atoms with Gasteiger partial charge in [0.25, 0.3) is 0 Å². The highest BCUT2D eigenvalue weighted by atomic mass is 16.5.